The molecule has 2 heterocycles. The van der Waals surface area contributed by atoms with Crippen molar-refractivity contribution in [1.82, 2.24) is 9.97 Å². The highest BCUT2D eigenvalue weighted by atomic mass is 16.1. The number of H-pyrrole nitrogens is 2. The van der Waals surface area contributed by atoms with Crippen molar-refractivity contribution in [3.8, 4) is 0 Å². The fourth-order valence-corrected chi connectivity index (χ4v) is 2.15. The highest BCUT2D eigenvalue weighted by molar-refractivity contribution is 6.03. The first-order valence-electron chi connectivity index (χ1n) is 5.27. The molecule has 0 saturated carbocycles. The van der Waals surface area contributed by atoms with E-state index in [2.05, 4.69) is 16.0 Å². The summed E-state index contributed by atoms with van der Waals surface area (Å²) < 4.78 is 0. The van der Waals surface area contributed by atoms with Crippen LogP contribution in [0.15, 0.2) is 29.1 Å². The van der Waals surface area contributed by atoms with Gasteiger partial charge in [-0.05, 0) is 31.5 Å². The lowest BCUT2D eigenvalue weighted by Gasteiger charge is -2.00. The molecule has 0 bridgehead atoms. The lowest BCUT2D eigenvalue weighted by Crippen LogP contribution is -2.05. The van der Waals surface area contributed by atoms with Gasteiger partial charge in [0.2, 0.25) is 0 Å². The highest BCUT2D eigenvalue weighted by Crippen LogP contribution is 2.21. The van der Waals surface area contributed by atoms with Gasteiger partial charge in [-0.1, -0.05) is 12.1 Å². The molecular formula is C13H12N2O. The average molecular weight is 212 g/mol. The fraction of sp³-hybridized carbons (Fsp3) is 0.154. The number of hydrogen-bond acceptors (Lipinski definition) is 1. The number of rotatable bonds is 0. The van der Waals surface area contributed by atoms with E-state index in [4.69, 9.17) is 0 Å². The Morgan fingerprint density at radius 1 is 1.00 bits per heavy atom. The Balaban J connectivity index is 2.63. The molecule has 2 N–H and O–H groups in total. The van der Waals surface area contributed by atoms with Gasteiger partial charge in [-0.3, -0.25) is 4.79 Å². The summed E-state index contributed by atoms with van der Waals surface area (Å²) in [4.78, 5) is 18.0. The van der Waals surface area contributed by atoms with Gasteiger partial charge in [0, 0.05) is 11.1 Å². The monoisotopic (exact) mass is 212 g/mol. The van der Waals surface area contributed by atoms with Crippen molar-refractivity contribution >= 4 is 21.8 Å². The molecule has 2 aromatic heterocycles. The average Bonchev–Trinajstić information content (AvgIpc) is 2.60. The Kier molecular flexibility index (Phi) is 1.72. The van der Waals surface area contributed by atoms with Crippen molar-refractivity contribution in [1.29, 1.82) is 0 Å². The number of aromatic nitrogens is 2. The zero-order chi connectivity index (χ0) is 11.3. The molecule has 3 aromatic rings. The van der Waals surface area contributed by atoms with Crippen molar-refractivity contribution in [2.24, 2.45) is 0 Å². The number of pyridine rings is 1. The van der Waals surface area contributed by atoms with Gasteiger partial charge in [-0.2, -0.15) is 0 Å². The Hall–Kier alpha value is -2.03. The maximum absolute atomic E-state index is 11.8. The van der Waals surface area contributed by atoms with Gasteiger partial charge in [-0.25, -0.2) is 0 Å². The number of fused-ring (bicyclic) bond motifs is 3. The smallest absolute Gasteiger partial charge is 0.257 e. The largest absolute Gasteiger partial charge is 0.358 e. The van der Waals surface area contributed by atoms with E-state index in [0.29, 0.717) is 0 Å². The van der Waals surface area contributed by atoms with E-state index in [1.807, 2.05) is 32.0 Å². The van der Waals surface area contributed by atoms with Crippen LogP contribution in [0.1, 0.15) is 11.3 Å². The van der Waals surface area contributed by atoms with Crippen LogP contribution in [0.5, 0.6) is 0 Å². The SMILES string of the molecule is Cc1ccc2c(c1)[nH]c(=O)c1cc(C)[nH]c12. The van der Waals surface area contributed by atoms with Crippen LogP contribution in [0.4, 0.5) is 0 Å². The first-order chi connectivity index (χ1) is 7.65. The molecule has 0 aliphatic rings. The van der Waals surface area contributed by atoms with E-state index in [9.17, 15) is 4.79 Å². The van der Waals surface area contributed by atoms with Crippen LogP contribution in [0.25, 0.3) is 21.8 Å². The minimum Gasteiger partial charge on any atom is -0.358 e. The minimum atomic E-state index is -0.0301. The maximum Gasteiger partial charge on any atom is 0.257 e. The Bertz CT molecular complexity index is 750. The van der Waals surface area contributed by atoms with Gasteiger partial charge in [0.1, 0.15) is 0 Å². The number of aromatic amines is 2. The second kappa shape index (κ2) is 2.98. The number of hydrogen-bond donors (Lipinski definition) is 2. The van der Waals surface area contributed by atoms with E-state index < -0.39 is 0 Å². The molecule has 0 atom stereocenters. The standard InChI is InChI=1S/C13H12N2O/c1-7-3-4-9-11(5-7)15-13(16)10-6-8(2)14-12(9)10/h3-6,14H,1-2H3,(H,15,16). The summed E-state index contributed by atoms with van der Waals surface area (Å²) in [6, 6.07) is 7.97. The zero-order valence-electron chi connectivity index (χ0n) is 9.22. The van der Waals surface area contributed by atoms with E-state index >= 15 is 0 Å². The van der Waals surface area contributed by atoms with E-state index in [-0.39, 0.29) is 5.56 Å². The van der Waals surface area contributed by atoms with Gasteiger partial charge in [-0.15, -0.1) is 0 Å². The van der Waals surface area contributed by atoms with Gasteiger partial charge in [0.25, 0.3) is 5.56 Å². The van der Waals surface area contributed by atoms with Crippen LogP contribution in [0.2, 0.25) is 0 Å². The number of nitrogens with one attached hydrogen (secondary N) is 2. The molecule has 3 nitrogen and oxygen atoms in total. The van der Waals surface area contributed by atoms with Crippen molar-refractivity contribution in [3.63, 3.8) is 0 Å². The van der Waals surface area contributed by atoms with Crippen LogP contribution >= 0.6 is 0 Å². The molecular weight excluding hydrogens is 200 g/mol. The molecule has 16 heavy (non-hydrogen) atoms. The second-order valence-corrected chi connectivity index (χ2v) is 4.24. The van der Waals surface area contributed by atoms with Crippen LogP contribution in [-0.4, -0.2) is 9.97 Å². The lowest BCUT2D eigenvalue weighted by molar-refractivity contribution is 1.30. The summed E-state index contributed by atoms with van der Waals surface area (Å²) in [6.07, 6.45) is 0. The zero-order valence-corrected chi connectivity index (χ0v) is 9.22. The highest BCUT2D eigenvalue weighted by Gasteiger charge is 2.07. The first-order valence-corrected chi connectivity index (χ1v) is 5.27. The Labute approximate surface area is 92.1 Å². The molecule has 0 aliphatic heterocycles. The molecule has 80 valence electrons. The van der Waals surface area contributed by atoms with Crippen LogP contribution < -0.4 is 5.56 Å². The summed E-state index contributed by atoms with van der Waals surface area (Å²) in [5.74, 6) is 0. The van der Waals surface area contributed by atoms with E-state index in [1.165, 1.54) is 0 Å². The van der Waals surface area contributed by atoms with Gasteiger partial charge in [0.05, 0.1) is 16.4 Å². The molecule has 0 amide bonds. The molecule has 0 spiro atoms. The third-order valence-corrected chi connectivity index (χ3v) is 2.89. The van der Waals surface area contributed by atoms with E-state index in [0.717, 1.165) is 33.1 Å². The predicted octanol–water partition coefficient (Wildman–Crippen LogP) is 2.63. The third kappa shape index (κ3) is 1.18. The second-order valence-electron chi connectivity index (χ2n) is 4.24. The van der Waals surface area contributed by atoms with Crippen molar-refractivity contribution in [2.75, 3.05) is 0 Å². The molecule has 0 radical (unpaired) electrons. The Morgan fingerprint density at radius 2 is 1.81 bits per heavy atom. The summed E-state index contributed by atoms with van der Waals surface area (Å²) in [6.45, 7) is 3.97. The number of benzene rings is 1. The summed E-state index contributed by atoms with van der Waals surface area (Å²) in [7, 11) is 0. The first kappa shape index (κ1) is 9.21. The quantitative estimate of drug-likeness (QED) is 0.591. The van der Waals surface area contributed by atoms with Crippen molar-refractivity contribution < 1.29 is 0 Å². The molecule has 0 fully saturated rings. The molecule has 1 aromatic carbocycles. The normalized spacial score (nSPS) is 11.4. The van der Waals surface area contributed by atoms with Crippen LogP contribution in [-0.2, 0) is 0 Å². The minimum absolute atomic E-state index is 0.0301. The molecule has 3 heteroatoms. The molecule has 3 rings (SSSR count). The molecule has 0 saturated heterocycles. The lowest BCUT2D eigenvalue weighted by atomic mass is 10.1. The third-order valence-electron chi connectivity index (χ3n) is 2.89. The molecule has 0 unspecified atom stereocenters. The maximum atomic E-state index is 11.8. The fourth-order valence-electron chi connectivity index (χ4n) is 2.15. The predicted molar refractivity (Wildman–Crippen MR) is 65.9 cm³/mol. The van der Waals surface area contributed by atoms with Crippen LogP contribution in [0.3, 0.4) is 0 Å². The summed E-state index contributed by atoms with van der Waals surface area (Å²) in [5, 5.41) is 1.79. The van der Waals surface area contributed by atoms with Crippen molar-refractivity contribution in [2.45, 2.75) is 13.8 Å². The Morgan fingerprint density at radius 3 is 2.62 bits per heavy atom. The van der Waals surface area contributed by atoms with Crippen LogP contribution in [0, 0.1) is 13.8 Å². The number of aryl methyl sites for hydroxylation is 2. The van der Waals surface area contributed by atoms with Crippen molar-refractivity contribution in [3.05, 3.63) is 45.9 Å². The topological polar surface area (TPSA) is 48.6 Å². The van der Waals surface area contributed by atoms with Gasteiger partial charge >= 0.3 is 0 Å². The van der Waals surface area contributed by atoms with Gasteiger partial charge < -0.3 is 9.97 Å². The summed E-state index contributed by atoms with van der Waals surface area (Å²) >= 11 is 0. The summed E-state index contributed by atoms with van der Waals surface area (Å²) in [5.41, 5.74) is 3.94. The van der Waals surface area contributed by atoms with Gasteiger partial charge in [0.15, 0.2) is 0 Å². The molecule has 0 aliphatic carbocycles. The van der Waals surface area contributed by atoms with E-state index in [1.54, 1.807) is 0 Å².